The highest BCUT2D eigenvalue weighted by Gasteiger charge is 2.32. The SMILES string of the molecule is CN(CCC1CCOCC1)C1CCCN(c2cccc(F)c2)C1=O. The third-order valence-corrected chi connectivity index (χ3v) is 5.29. The van der Waals surface area contributed by atoms with Crippen LogP contribution in [0.4, 0.5) is 10.1 Å². The topological polar surface area (TPSA) is 32.8 Å². The molecule has 2 saturated heterocycles. The Bertz CT molecular complexity index is 560. The van der Waals surface area contributed by atoms with Gasteiger partial charge in [-0.15, -0.1) is 0 Å². The van der Waals surface area contributed by atoms with Gasteiger partial charge in [-0.25, -0.2) is 4.39 Å². The van der Waals surface area contributed by atoms with Gasteiger partial charge in [0.2, 0.25) is 5.91 Å². The standard InChI is InChI=1S/C19H27FN2O2/c1-21(11-7-15-8-12-24-13-9-15)18-6-3-10-22(19(18)23)17-5-2-4-16(20)14-17/h2,4-5,14-15,18H,3,6-13H2,1H3. The van der Waals surface area contributed by atoms with E-state index in [-0.39, 0.29) is 17.8 Å². The summed E-state index contributed by atoms with van der Waals surface area (Å²) in [6.45, 7) is 3.33. The molecule has 0 aliphatic carbocycles. The van der Waals surface area contributed by atoms with E-state index in [4.69, 9.17) is 4.74 Å². The highest BCUT2D eigenvalue weighted by atomic mass is 19.1. The van der Waals surface area contributed by atoms with E-state index in [0.717, 1.165) is 51.9 Å². The zero-order chi connectivity index (χ0) is 16.9. The number of hydrogen-bond acceptors (Lipinski definition) is 3. The maximum atomic E-state index is 13.5. The Labute approximate surface area is 143 Å². The van der Waals surface area contributed by atoms with Gasteiger partial charge in [-0.2, -0.15) is 0 Å². The van der Waals surface area contributed by atoms with E-state index in [2.05, 4.69) is 4.90 Å². The van der Waals surface area contributed by atoms with Crippen molar-refractivity contribution in [3.8, 4) is 0 Å². The van der Waals surface area contributed by atoms with Gasteiger partial charge in [0.15, 0.2) is 0 Å². The largest absolute Gasteiger partial charge is 0.381 e. The first-order valence-corrected chi connectivity index (χ1v) is 9.00. The molecule has 2 heterocycles. The van der Waals surface area contributed by atoms with E-state index in [1.807, 2.05) is 13.1 Å². The Kier molecular flexibility index (Phi) is 5.85. The van der Waals surface area contributed by atoms with Crippen molar-refractivity contribution >= 4 is 11.6 Å². The molecule has 0 spiro atoms. The summed E-state index contributed by atoms with van der Waals surface area (Å²) >= 11 is 0. The van der Waals surface area contributed by atoms with E-state index >= 15 is 0 Å². The van der Waals surface area contributed by atoms with Crippen molar-refractivity contribution in [2.45, 2.75) is 38.1 Å². The normalized spacial score (nSPS) is 23.0. The van der Waals surface area contributed by atoms with Crippen LogP contribution in [0.5, 0.6) is 0 Å². The first kappa shape index (κ1) is 17.4. The minimum atomic E-state index is -0.296. The molecule has 0 aromatic heterocycles. The molecule has 1 aromatic carbocycles. The lowest BCUT2D eigenvalue weighted by molar-refractivity contribution is -0.124. The Morgan fingerprint density at radius 2 is 2.08 bits per heavy atom. The molecule has 24 heavy (non-hydrogen) atoms. The van der Waals surface area contributed by atoms with Crippen LogP contribution in [0.25, 0.3) is 0 Å². The Morgan fingerprint density at radius 1 is 1.29 bits per heavy atom. The van der Waals surface area contributed by atoms with Crippen LogP contribution >= 0.6 is 0 Å². The first-order valence-electron chi connectivity index (χ1n) is 9.00. The number of piperidine rings is 1. The molecule has 0 saturated carbocycles. The monoisotopic (exact) mass is 334 g/mol. The van der Waals surface area contributed by atoms with E-state index in [1.54, 1.807) is 11.0 Å². The lowest BCUT2D eigenvalue weighted by Crippen LogP contribution is -2.51. The molecule has 2 aliphatic heterocycles. The van der Waals surface area contributed by atoms with Crippen molar-refractivity contribution in [3.05, 3.63) is 30.1 Å². The fourth-order valence-corrected chi connectivity index (χ4v) is 3.74. The number of benzene rings is 1. The van der Waals surface area contributed by atoms with E-state index in [1.165, 1.54) is 12.1 Å². The zero-order valence-corrected chi connectivity index (χ0v) is 14.4. The zero-order valence-electron chi connectivity index (χ0n) is 14.4. The molecule has 0 N–H and O–H groups in total. The molecule has 4 nitrogen and oxygen atoms in total. The average molecular weight is 334 g/mol. The molecule has 2 fully saturated rings. The predicted molar refractivity (Wildman–Crippen MR) is 92.6 cm³/mol. The van der Waals surface area contributed by atoms with Gasteiger partial charge in [-0.05, 0) is 69.8 Å². The summed E-state index contributed by atoms with van der Waals surface area (Å²) in [4.78, 5) is 16.8. The van der Waals surface area contributed by atoms with Crippen LogP contribution < -0.4 is 4.90 Å². The minimum absolute atomic E-state index is 0.0955. The number of anilines is 1. The smallest absolute Gasteiger partial charge is 0.244 e. The van der Waals surface area contributed by atoms with Crippen LogP contribution in [0.2, 0.25) is 0 Å². The number of rotatable bonds is 5. The summed E-state index contributed by atoms with van der Waals surface area (Å²) in [5.41, 5.74) is 0.669. The van der Waals surface area contributed by atoms with Gasteiger partial charge in [0, 0.05) is 25.4 Å². The quantitative estimate of drug-likeness (QED) is 0.830. The second-order valence-electron chi connectivity index (χ2n) is 6.95. The van der Waals surface area contributed by atoms with Gasteiger partial charge in [-0.1, -0.05) is 6.07 Å². The van der Waals surface area contributed by atoms with Gasteiger partial charge >= 0.3 is 0 Å². The number of hydrogen-bond donors (Lipinski definition) is 0. The highest BCUT2D eigenvalue weighted by Crippen LogP contribution is 2.25. The van der Waals surface area contributed by atoms with Crippen molar-refractivity contribution in [2.24, 2.45) is 5.92 Å². The van der Waals surface area contributed by atoms with Crippen molar-refractivity contribution in [2.75, 3.05) is 38.3 Å². The fraction of sp³-hybridized carbons (Fsp3) is 0.632. The minimum Gasteiger partial charge on any atom is -0.381 e. The summed E-state index contributed by atoms with van der Waals surface area (Å²) in [6.07, 6.45) is 5.21. The second kappa shape index (κ2) is 8.08. The van der Waals surface area contributed by atoms with Gasteiger partial charge in [0.1, 0.15) is 5.82 Å². The number of amides is 1. The predicted octanol–water partition coefficient (Wildman–Crippen LogP) is 3.07. The molecule has 0 radical (unpaired) electrons. The van der Waals surface area contributed by atoms with Gasteiger partial charge in [0.25, 0.3) is 0 Å². The third-order valence-electron chi connectivity index (χ3n) is 5.29. The van der Waals surface area contributed by atoms with Gasteiger partial charge < -0.3 is 9.64 Å². The van der Waals surface area contributed by atoms with Crippen molar-refractivity contribution in [1.29, 1.82) is 0 Å². The molecule has 132 valence electrons. The van der Waals surface area contributed by atoms with Crippen molar-refractivity contribution in [1.82, 2.24) is 4.90 Å². The number of nitrogens with zero attached hydrogens (tertiary/aromatic N) is 2. The van der Waals surface area contributed by atoms with Crippen LogP contribution in [-0.4, -0.2) is 50.2 Å². The summed E-state index contributed by atoms with van der Waals surface area (Å²) in [5.74, 6) is 0.510. The van der Waals surface area contributed by atoms with E-state index in [9.17, 15) is 9.18 Å². The maximum absolute atomic E-state index is 13.5. The molecule has 1 atom stereocenters. The summed E-state index contributed by atoms with van der Waals surface area (Å²) < 4.78 is 18.9. The molecule has 5 heteroatoms. The maximum Gasteiger partial charge on any atom is 0.244 e. The number of likely N-dealkylation sites (N-methyl/N-ethyl adjacent to an activating group) is 1. The second-order valence-corrected chi connectivity index (χ2v) is 6.95. The molecule has 1 amide bonds. The van der Waals surface area contributed by atoms with Crippen LogP contribution in [0, 0.1) is 11.7 Å². The fourth-order valence-electron chi connectivity index (χ4n) is 3.74. The molecule has 2 aliphatic rings. The summed E-state index contributed by atoms with van der Waals surface area (Å²) in [5, 5.41) is 0. The molecule has 0 bridgehead atoms. The highest BCUT2D eigenvalue weighted by molar-refractivity contribution is 5.97. The Balaban J connectivity index is 1.59. The van der Waals surface area contributed by atoms with Crippen LogP contribution in [0.3, 0.4) is 0 Å². The average Bonchev–Trinajstić information content (AvgIpc) is 2.61. The molecular formula is C19H27FN2O2. The molecule has 1 aromatic rings. The lowest BCUT2D eigenvalue weighted by atomic mass is 9.95. The Hall–Kier alpha value is -1.46. The lowest BCUT2D eigenvalue weighted by Gasteiger charge is -2.37. The van der Waals surface area contributed by atoms with Crippen LogP contribution in [0.15, 0.2) is 24.3 Å². The summed E-state index contributed by atoms with van der Waals surface area (Å²) in [6, 6.07) is 6.24. The summed E-state index contributed by atoms with van der Waals surface area (Å²) in [7, 11) is 2.04. The van der Waals surface area contributed by atoms with Gasteiger partial charge in [-0.3, -0.25) is 9.69 Å². The first-order chi connectivity index (χ1) is 11.6. The van der Waals surface area contributed by atoms with Crippen LogP contribution in [-0.2, 0) is 9.53 Å². The third kappa shape index (κ3) is 4.14. The molecular weight excluding hydrogens is 307 g/mol. The number of carbonyl (C=O) groups excluding carboxylic acids is 1. The number of halogens is 1. The van der Waals surface area contributed by atoms with Crippen molar-refractivity contribution < 1.29 is 13.9 Å². The van der Waals surface area contributed by atoms with Crippen LogP contribution in [0.1, 0.15) is 32.1 Å². The van der Waals surface area contributed by atoms with Crippen molar-refractivity contribution in [3.63, 3.8) is 0 Å². The molecule has 3 rings (SSSR count). The van der Waals surface area contributed by atoms with E-state index in [0.29, 0.717) is 18.2 Å². The number of carbonyl (C=O) groups is 1. The Morgan fingerprint density at radius 3 is 2.83 bits per heavy atom. The van der Waals surface area contributed by atoms with E-state index < -0.39 is 0 Å². The molecule has 1 unspecified atom stereocenters. The number of ether oxygens (including phenoxy) is 1. The van der Waals surface area contributed by atoms with Gasteiger partial charge in [0.05, 0.1) is 6.04 Å².